The number of anilines is 2. The minimum Gasteiger partial charge on any atom is -0.494 e. The average Bonchev–Trinajstić information content (AvgIpc) is 2.88. The Kier molecular flexibility index (Phi) is 4.31. The van der Waals surface area contributed by atoms with Gasteiger partial charge in [-0.2, -0.15) is 5.10 Å². The van der Waals surface area contributed by atoms with Crippen molar-refractivity contribution in [3.63, 3.8) is 0 Å². The van der Waals surface area contributed by atoms with Gasteiger partial charge in [-0.25, -0.2) is 9.18 Å². The molecule has 0 aliphatic heterocycles. The van der Waals surface area contributed by atoms with Crippen LogP contribution >= 0.6 is 0 Å². The zero-order valence-corrected chi connectivity index (χ0v) is 14.5. The Morgan fingerprint density at radius 2 is 2.04 bits per heavy atom. The molecular weight excluding hydrogens is 323 g/mol. The van der Waals surface area contributed by atoms with Crippen LogP contribution in [-0.4, -0.2) is 30.0 Å². The van der Waals surface area contributed by atoms with Crippen molar-refractivity contribution in [3.05, 3.63) is 47.9 Å². The Morgan fingerprint density at radius 1 is 1.28 bits per heavy atom. The fraction of sp³-hybridized carbons (Fsp3) is 0.222. The monoisotopic (exact) mass is 342 g/mol. The molecule has 1 aromatic heterocycles. The number of nitrogens with zero attached hydrogens (tertiary/aromatic N) is 3. The second kappa shape index (κ2) is 6.43. The maximum absolute atomic E-state index is 13.7. The van der Waals surface area contributed by atoms with Gasteiger partial charge in [0.25, 0.3) is 0 Å². The first-order valence-corrected chi connectivity index (χ1v) is 7.72. The summed E-state index contributed by atoms with van der Waals surface area (Å²) in [6, 6.07) is 9.52. The number of fused-ring (bicyclic) bond motifs is 1. The van der Waals surface area contributed by atoms with Crippen LogP contribution in [0.3, 0.4) is 0 Å². The number of methoxy groups -OCH3 is 1. The van der Waals surface area contributed by atoms with E-state index in [9.17, 15) is 9.18 Å². The van der Waals surface area contributed by atoms with E-state index in [1.807, 2.05) is 32.2 Å². The van der Waals surface area contributed by atoms with E-state index in [1.165, 1.54) is 24.1 Å². The van der Waals surface area contributed by atoms with Crippen molar-refractivity contribution in [2.24, 2.45) is 7.05 Å². The molecule has 130 valence electrons. The van der Waals surface area contributed by atoms with Gasteiger partial charge in [0.2, 0.25) is 0 Å². The predicted octanol–water partition coefficient (Wildman–Crippen LogP) is 3.70. The molecule has 0 unspecified atom stereocenters. The van der Waals surface area contributed by atoms with Crippen molar-refractivity contribution in [1.29, 1.82) is 0 Å². The molecule has 0 fully saturated rings. The zero-order chi connectivity index (χ0) is 18.1. The number of hydrogen-bond donors (Lipinski definition) is 1. The summed E-state index contributed by atoms with van der Waals surface area (Å²) in [7, 11) is 4.91. The molecule has 7 heteroatoms. The lowest BCUT2D eigenvalue weighted by molar-refractivity contribution is 0.258. The van der Waals surface area contributed by atoms with Gasteiger partial charge in [-0.1, -0.05) is 0 Å². The molecule has 2 aromatic carbocycles. The maximum atomic E-state index is 13.7. The summed E-state index contributed by atoms with van der Waals surface area (Å²) in [5.74, 6) is -0.407. The number of urea groups is 1. The molecule has 2 amide bonds. The smallest absolute Gasteiger partial charge is 0.326 e. The number of carbonyl (C=O) groups is 1. The number of benzene rings is 2. The molecule has 0 aliphatic carbocycles. The number of aryl methyl sites for hydroxylation is 2. The number of ether oxygens (including phenoxy) is 1. The first-order valence-electron chi connectivity index (χ1n) is 7.72. The summed E-state index contributed by atoms with van der Waals surface area (Å²) in [5.41, 5.74) is 2.91. The predicted molar refractivity (Wildman–Crippen MR) is 95.8 cm³/mol. The van der Waals surface area contributed by atoms with Gasteiger partial charge in [0.05, 0.1) is 12.6 Å². The molecule has 0 atom stereocenters. The molecule has 1 heterocycles. The molecule has 3 aromatic rings. The molecule has 25 heavy (non-hydrogen) atoms. The molecular formula is C18H19FN4O2. The summed E-state index contributed by atoms with van der Waals surface area (Å²) < 4.78 is 20.4. The van der Waals surface area contributed by atoms with Gasteiger partial charge in [0.15, 0.2) is 11.6 Å². The topological polar surface area (TPSA) is 59.4 Å². The second-order valence-corrected chi connectivity index (χ2v) is 5.75. The number of carbonyl (C=O) groups excluding carboxylic acids is 1. The summed E-state index contributed by atoms with van der Waals surface area (Å²) >= 11 is 0. The summed E-state index contributed by atoms with van der Waals surface area (Å²) in [4.78, 5) is 13.9. The van der Waals surface area contributed by atoms with Crippen LogP contribution in [-0.2, 0) is 7.05 Å². The van der Waals surface area contributed by atoms with E-state index in [4.69, 9.17) is 4.74 Å². The Hall–Kier alpha value is -3.09. The minimum atomic E-state index is -0.534. The first kappa shape index (κ1) is 16.8. The van der Waals surface area contributed by atoms with Crippen LogP contribution in [0.25, 0.3) is 10.9 Å². The van der Waals surface area contributed by atoms with Crippen molar-refractivity contribution in [2.75, 3.05) is 24.4 Å². The van der Waals surface area contributed by atoms with E-state index < -0.39 is 5.82 Å². The Labute approximate surface area is 144 Å². The largest absolute Gasteiger partial charge is 0.494 e. The lowest BCUT2D eigenvalue weighted by atomic mass is 10.2. The van der Waals surface area contributed by atoms with Crippen molar-refractivity contribution in [3.8, 4) is 5.75 Å². The van der Waals surface area contributed by atoms with Gasteiger partial charge in [-0.3, -0.25) is 9.58 Å². The van der Waals surface area contributed by atoms with E-state index in [0.717, 1.165) is 16.6 Å². The lowest BCUT2D eigenvalue weighted by Crippen LogP contribution is -2.31. The number of rotatable bonds is 3. The molecule has 0 radical (unpaired) electrons. The second-order valence-electron chi connectivity index (χ2n) is 5.75. The lowest BCUT2D eigenvalue weighted by Gasteiger charge is -2.18. The minimum absolute atomic E-state index is 0.127. The van der Waals surface area contributed by atoms with Crippen molar-refractivity contribution < 1.29 is 13.9 Å². The highest BCUT2D eigenvalue weighted by atomic mass is 19.1. The number of amides is 2. The summed E-state index contributed by atoms with van der Waals surface area (Å²) in [6.07, 6.45) is 0. The number of halogens is 1. The summed E-state index contributed by atoms with van der Waals surface area (Å²) in [6.45, 7) is 1.99. The van der Waals surface area contributed by atoms with Gasteiger partial charge < -0.3 is 10.1 Å². The van der Waals surface area contributed by atoms with Crippen LogP contribution in [0.2, 0.25) is 0 Å². The average molecular weight is 342 g/mol. The Bertz CT molecular complexity index is 952. The van der Waals surface area contributed by atoms with Crippen molar-refractivity contribution in [1.82, 2.24) is 9.78 Å². The zero-order valence-electron chi connectivity index (χ0n) is 14.5. The van der Waals surface area contributed by atoms with Crippen molar-refractivity contribution in [2.45, 2.75) is 6.92 Å². The number of nitrogens with one attached hydrogen (secondary N) is 1. The molecule has 1 N–H and O–H groups in total. The molecule has 0 spiro atoms. The van der Waals surface area contributed by atoms with E-state index in [-0.39, 0.29) is 11.8 Å². The van der Waals surface area contributed by atoms with Crippen LogP contribution in [0.15, 0.2) is 36.4 Å². The number of aromatic nitrogens is 2. The fourth-order valence-electron chi connectivity index (χ4n) is 2.60. The summed E-state index contributed by atoms with van der Waals surface area (Å²) in [5, 5.41) is 8.13. The highest BCUT2D eigenvalue weighted by molar-refractivity contribution is 6.02. The first-order chi connectivity index (χ1) is 11.9. The van der Waals surface area contributed by atoms with E-state index in [0.29, 0.717) is 11.4 Å². The molecule has 0 aliphatic rings. The molecule has 0 bridgehead atoms. The van der Waals surface area contributed by atoms with Crippen LogP contribution < -0.4 is 15.0 Å². The molecule has 0 saturated carbocycles. The van der Waals surface area contributed by atoms with Crippen LogP contribution in [0.5, 0.6) is 5.75 Å². The SMILES string of the molecule is COc1ccc(NC(=O)N(C)c2ccc3c(C)n(C)nc3c2)cc1F. The van der Waals surface area contributed by atoms with E-state index >= 15 is 0 Å². The third kappa shape index (κ3) is 3.13. The third-order valence-corrected chi connectivity index (χ3v) is 4.21. The third-order valence-electron chi connectivity index (χ3n) is 4.21. The van der Waals surface area contributed by atoms with Crippen LogP contribution in [0, 0.1) is 12.7 Å². The standard InChI is InChI=1S/C18H19FN4O2/c1-11-14-7-6-13(10-16(14)21-23(11)3)22(2)18(24)20-12-5-8-17(25-4)15(19)9-12/h5-10H,1-4H3,(H,20,24). The quantitative estimate of drug-likeness (QED) is 0.789. The van der Waals surface area contributed by atoms with Crippen LogP contribution in [0.4, 0.5) is 20.6 Å². The Balaban J connectivity index is 1.81. The Morgan fingerprint density at radius 3 is 2.72 bits per heavy atom. The van der Waals surface area contributed by atoms with Gasteiger partial charge >= 0.3 is 6.03 Å². The van der Waals surface area contributed by atoms with Gasteiger partial charge in [-0.05, 0) is 37.3 Å². The maximum Gasteiger partial charge on any atom is 0.326 e. The molecule has 3 rings (SSSR count). The van der Waals surface area contributed by atoms with Crippen LogP contribution in [0.1, 0.15) is 5.69 Å². The van der Waals surface area contributed by atoms with Gasteiger partial charge in [-0.15, -0.1) is 0 Å². The van der Waals surface area contributed by atoms with Crippen molar-refractivity contribution >= 4 is 28.3 Å². The molecule has 0 saturated heterocycles. The van der Waals surface area contributed by atoms with E-state index in [1.54, 1.807) is 17.8 Å². The highest BCUT2D eigenvalue weighted by Crippen LogP contribution is 2.24. The van der Waals surface area contributed by atoms with Gasteiger partial charge in [0, 0.05) is 42.6 Å². The highest BCUT2D eigenvalue weighted by Gasteiger charge is 2.14. The van der Waals surface area contributed by atoms with Gasteiger partial charge in [0.1, 0.15) is 0 Å². The van der Waals surface area contributed by atoms with E-state index in [2.05, 4.69) is 10.4 Å². The fourth-order valence-corrected chi connectivity index (χ4v) is 2.60. The number of hydrogen-bond acceptors (Lipinski definition) is 3. The normalized spacial score (nSPS) is 10.8. The molecule has 6 nitrogen and oxygen atoms in total.